The molecule has 1 saturated carbocycles. The number of methoxy groups -OCH3 is 1. The minimum atomic E-state index is -1.33. The number of aromatic nitrogens is 3. The predicted octanol–water partition coefficient (Wildman–Crippen LogP) is 8.73. The number of benzene rings is 1. The number of hydrogen-bond donors (Lipinski definition) is 1. The molecule has 302 valence electrons. The molecule has 11 heteroatoms. The van der Waals surface area contributed by atoms with Crippen LogP contribution in [0, 0.1) is 11.3 Å². The summed E-state index contributed by atoms with van der Waals surface area (Å²) in [7, 11) is 0.317. The summed E-state index contributed by atoms with van der Waals surface area (Å²) < 4.78 is 16.4. The van der Waals surface area contributed by atoms with Gasteiger partial charge in [0.2, 0.25) is 5.91 Å². The lowest BCUT2D eigenvalue weighted by Crippen LogP contribution is -2.38. The normalized spacial score (nSPS) is 23.7. The van der Waals surface area contributed by atoms with Gasteiger partial charge < -0.3 is 28.8 Å². The van der Waals surface area contributed by atoms with Crippen LogP contribution in [-0.2, 0) is 27.6 Å². The molecule has 0 unspecified atom stereocenters. The molecule has 2 aromatic heterocycles. The van der Waals surface area contributed by atoms with Crippen LogP contribution in [0.1, 0.15) is 115 Å². The Kier molecular flexibility index (Phi) is 14.1. The quantitative estimate of drug-likeness (QED) is 0.137. The van der Waals surface area contributed by atoms with E-state index in [9.17, 15) is 14.4 Å². The zero-order valence-corrected chi connectivity index (χ0v) is 35.4. The SMILES string of the molecule is CCC(=O)CCCCC[C@@H]1NC(=O)[C@H]2CC23CCN(CCCCCCCCn2ccc4cc(c(OC)cc4c2=O)-c2cnc1n2COCC[Si](C)(C)C)CC3. The van der Waals surface area contributed by atoms with Crippen LogP contribution in [0.2, 0.25) is 25.7 Å². The summed E-state index contributed by atoms with van der Waals surface area (Å²) in [6.45, 7) is 13.9. The number of carbonyl (C=O) groups excluding carboxylic acids is 2. The number of rotatable bonds is 13. The van der Waals surface area contributed by atoms with E-state index < -0.39 is 8.07 Å². The number of carbonyl (C=O) groups is 2. The van der Waals surface area contributed by atoms with Crippen molar-refractivity contribution in [2.45, 2.75) is 148 Å². The van der Waals surface area contributed by atoms with E-state index in [2.05, 4.69) is 34.4 Å². The van der Waals surface area contributed by atoms with Gasteiger partial charge in [0.1, 0.15) is 24.1 Å². The topological polar surface area (TPSA) is 108 Å². The number of ether oxygens (including phenoxy) is 2. The summed E-state index contributed by atoms with van der Waals surface area (Å²) >= 11 is 0. The first kappa shape index (κ1) is 41.4. The Bertz CT molecular complexity index is 1820. The molecular formula is C44H67N5O5Si. The molecule has 2 fully saturated rings. The van der Waals surface area contributed by atoms with Gasteiger partial charge in [-0.25, -0.2) is 4.98 Å². The molecular weight excluding hydrogens is 707 g/mol. The maximum Gasteiger partial charge on any atom is 0.258 e. The minimum absolute atomic E-state index is 0.00178. The highest BCUT2D eigenvalue weighted by Crippen LogP contribution is 2.59. The van der Waals surface area contributed by atoms with E-state index in [1.54, 1.807) is 7.11 Å². The summed E-state index contributed by atoms with van der Waals surface area (Å²) in [5.74, 6) is 1.85. The van der Waals surface area contributed by atoms with Gasteiger partial charge in [0, 0.05) is 51.7 Å². The second-order valence-corrected chi connectivity index (χ2v) is 23.5. The summed E-state index contributed by atoms with van der Waals surface area (Å²) in [6, 6.07) is 6.68. The molecule has 1 spiro atoms. The lowest BCUT2D eigenvalue weighted by Gasteiger charge is -2.33. The van der Waals surface area contributed by atoms with Crippen molar-refractivity contribution in [2.75, 3.05) is 33.4 Å². The number of nitrogens with zero attached hydrogens (tertiary/aromatic N) is 4. The average molecular weight is 774 g/mol. The van der Waals surface area contributed by atoms with Gasteiger partial charge in [-0.1, -0.05) is 65.1 Å². The Morgan fingerprint density at radius 3 is 2.45 bits per heavy atom. The molecule has 10 nitrogen and oxygen atoms in total. The zero-order valence-electron chi connectivity index (χ0n) is 34.4. The van der Waals surface area contributed by atoms with E-state index in [0.29, 0.717) is 49.6 Å². The van der Waals surface area contributed by atoms with Crippen molar-refractivity contribution >= 4 is 30.5 Å². The third kappa shape index (κ3) is 10.6. The number of piperidine rings is 1. The van der Waals surface area contributed by atoms with Gasteiger partial charge in [0.05, 0.1) is 30.4 Å². The smallest absolute Gasteiger partial charge is 0.258 e. The van der Waals surface area contributed by atoms with Crippen LogP contribution in [-0.4, -0.2) is 72.1 Å². The third-order valence-electron chi connectivity index (χ3n) is 12.6. The number of Topliss-reactive ketones (excluding diaryl/α,β-unsaturated/α-hetero) is 1. The molecule has 11 rings (SSSR count). The zero-order chi connectivity index (χ0) is 39.0. The monoisotopic (exact) mass is 773 g/mol. The second-order valence-electron chi connectivity index (χ2n) is 17.9. The number of pyridine rings is 1. The molecule has 8 aliphatic rings. The fraction of sp³-hybridized carbons (Fsp3) is 0.682. The third-order valence-corrected chi connectivity index (χ3v) is 14.3. The maximum atomic E-state index is 14.2. The van der Waals surface area contributed by atoms with Gasteiger partial charge in [0.15, 0.2) is 0 Å². The largest absolute Gasteiger partial charge is 0.496 e. The fourth-order valence-corrected chi connectivity index (χ4v) is 9.55. The highest BCUT2D eigenvalue weighted by molar-refractivity contribution is 6.76. The highest BCUT2D eigenvalue weighted by Gasteiger charge is 2.58. The van der Waals surface area contributed by atoms with Crippen molar-refractivity contribution in [3.63, 3.8) is 0 Å². The van der Waals surface area contributed by atoms with Crippen LogP contribution in [0.3, 0.4) is 0 Å². The molecule has 0 radical (unpaired) electrons. The Morgan fingerprint density at radius 2 is 1.73 bits per heavy atom. The first-order valence-electron chi connectivity index (χ1n) is 21.4. The van der Waals surface area contributed by atoms with Crippen molar-refractivity contribution in [3.8, 4) is 17.0 Å². The fourth-order valence-electron chi connectivity index (χ4n) is 8.79. The van der Waals surface area contributed by atoms with Crippen molar-refractivity contribution in [1.29, 1.82) is 0 Å². The van der Waals surface area contributed by atoms with Gasteiger partial charge in [-0.05, 0) is 99.6 Å². The highest BCUT2D eigenvalue weighted by atomic mass is 28.3. The van der Waals surface area contributed by atoms with E-state index in [1.807, 2.05) is 42.1 Å². The van der Waals surface area contributed by atoms with Crippen LogP contribution >= 0.6 is 0 Å². The van der Waals surface area contributed by atoms with Crippen molar-refractivity contribution in [2.24, 2.45) is 11.3 Å². The summed E-state index contributed by atoms with van der Waals surface area (Å²) in [5, 5.41) is 5.01. The van der Waals surface area contributed by atoms with Crippen LogP contribution in [0.25, 0.3) is 22.0 Å². The van der Waals surface area contributed by atoms with Crippen LogP contribution in [0.4, 0.5) is 0 Å². The molecule has 2 atom stereocenters. The Hall–Kier alpha value is -3.28. The molecule has 1 aromatic carbocycles. The van der Waals surface area contributed by atoms with Crippen LogP contribution in [0.5, 0.6) is 5.75 Å². The maximum absolute atomic E-state index is 14.2. The van der Waals surface area contributed by atoms with E-state index in [4.69, 9.17) is 14.5 Å². The van der Waals surface area contributed by atoms with Gasteiger partial charge >= 0.3 is 0 Å². The van der Waals surface area contributed by atoms with Crippen LogP contribution in [0.15, 0.2) is 35.4 Å². The molecule has 7 aliphatic heterocycles. The van der Waals surface area contributed by atoms with E-state index in [1.165, 1.54) is 25.7 Å². The number of hydrogen-bond acceptors (Lipinski definition) is 7. The van der Waals surface area contributed by atoms with Gasteiger partial charge in [-0.3, -0.25) is 14.4 Å². The van der Waals surface area contributed by atoms with E-state index >= 15 is 0 Å². The first-order valence-corrected chi connectivity index (χ1v) is 25.1. The molecule has 1 aliphatic carbocycles. The van der Waals surface area contributed by atoms with Gasteiger partial charge in [0.25, 0.3) is 5.56 Å². The number of amides is 1. The standard InChI is InChI=1S/C44H67N5O5Si/c1-6-34(50)16-12-11-13-17-38-41-45-31-39(49(41)32-54-26-27-55(3,4)5)36-28-33-18-23-48(43(52)35(33)29-40(36)53-2)22-15-10-8-7-9-14-21-47-24-19-44(20-25-47)30-37(44)42(51)46-38/h18,23,28-29,31,37-38H,6-17,19-22,24-27,30,32H2,1-5H3,(H,46,51)/t37-,38+/m1/s1. The van der Waals surface area contributed by atoms with Gasteiger partial charge in [-0.2, -0.15) is 0 Å². The molecule has 55 heavy (non-hydrogen) atoms. The molecule has 8 bridgehead atoms. The Balaban J connectivity index is 1.36. The van der Waals surface area contributed by atoms with Crippen molar-refractivity contribution in [1.82, 2.24) is 24.3 Å². The van der Waals surface area contributed by atoms with Crippen molar-refractivity contribution in [3.05, 3.63) is 46.8 Å². The number of imidazole rings is 1. The first-order chi connectivity index (χ1) is 26.5. The molecule has 1 saturated heterocycles. The average Bonchev–Trinajstić information content (AvgIpc) is 3.71. The number of aryl methyl sites for hydroxylation is 1. The summed E-state index contributed by atoms with van der Waals surface area (Å²) in [6.07, 6.45) is 18.5. The Labute approximate surface area is 329 Å². The summed E-state index contributed by atoms with van der Waals surface area (Å²) in [4.78, 5) is 47.7. The summed E-state index contributed by atoms with van der Waals surface area (Å²) in [5.41, 5.74) is 1.79. The number of ketones is 1. The van der Waals surface area contributed by atoms with Crippen molar-refractivity contribution < 1.29 is 19.1 Å². The molecule has 1 N–H and O–H groups in total. The molecule has 9 heterocycles. The van der Waals surface area contributed by atoms with Gasteiger partial charge in [-0.15, -0.1) is 0 Å². The Morgan fingerprint density at radius 1 is 0.982 bits per heavy atom. The number of nitrogens with one attached hydrogen (secondary N) is 1. The predicted molar refractivity (Wildman–Crippen MR) is 223 cm³/mol. The minimum Gasteiger partial charge on any atom is -0.496 e. The van der Waals surface area contributed by atoms with Crippen LogP contribution < -0.4 is 15.6 Å². The van der Waals surface area contributed by atoms with E-state index in [-0.39, 0.29) is 28.8 Å². The lowest BCUT2D eigenvalue weighted by molar-refractivity contribution is -0.124. The molecule has 3 aromatic rings. The molecule has 1 amide bonds. The lowest BCUT2D eigenvalue weighted by atomic mass is 9.90. The van der Waals surface area contributed by atoms with E-state index in [0.717, 1.165) is 106 Å². The second kappa shape index (κ2) is 18.8. The number of unbranched alkanes of at least 4 members (excludes halogenated alkanes) is 2.